The van der Waals surface area contributed by atoms with E-state index in [0.717, 1.165) is 34.6 Å². The number of piperidine rings is 5. The van der Waals surface area contributed by atoms with Crippen LogP contribution in [0.1, 0.15) is 237 Å². The molecular formula is C55H115N5O20. The predicted molar refractivity (Wildman–Crippen MR) is 302 cm³/mol. The summed E-state index contributed by atoms with van der Waals surface area (Å²) in [6.45, 7) is 44.2. The number of carbonyl (C=O) groups is 5. The normalized spacial score (nSPS) is 24.4. The zero-order valence-corrected chi connectivity index (χ0v) is 53.4. The maximum Gasteiger partial charge on any atom is 0.300 e. The first-order valence-electron chi connectivity index (χ1n) is 26.8. The molecule has 25 heteroatoms. The van der Waals surface area contributed by atoms with Crippen LogP contribution in [-0.4, -0.2) is 218 Å². The molecule has 0 aliphatic carbocycles. The van der Waals surface area contributed by atoms with Crippen molar-refractivity contribution in [3.8, 4) is 0 Å². The van der Waals surface area contributed by atoms with E-state index in [-0.39, 0.29) is 85.9 Å². The first-order valence-corrected chi connectivity index (χ1v) is 26.8. The molecule has 480 valence electrons. The third-order valence-electron chi connectivity index (χ3n) is 13.1. The molecule has 0 bridgehead atoms. The molecule has 0 unspecified atom stereocenters. The highest BCUT2D eigenvalue weighted by atomic mass is 16.5. The summed E-state index contributed by atoms with van der Waals surface area (Å²) in [5, 5.41) is 141. The second-order valence-electron chi connectivity index (χ2n) is 27.6. The van der Waals surface area contributed by atoms with Crippen LogP contribution in [0, 0.1) is 0 Å². The molecule has 80 heavy (non-hydrogen) atoms. The average Bonchev–Trinajstić information content (AvgIpc) is 3.14. The SMILES string of the molecule is CC(=O)O.CC(=O)O.CC(=O)O.CC(=O)O.CC(=O)O.CC1(C)CC(O)CC(C)(C)N1O.CC1(C)CC(O)CC(C)(C)N1O.CC1(C)CC(O)CC(C)(C)N1O.CC1(C)CC(O)CC(C)(C)N1O.CC1(C)CC(O)CC(C)(C)N1O. The summed E-state index contributed by atoms with van der Waals surface area (Å²) in [4.78, 5) is 45.0. The molecule has 5 rings (SSSR count). The Morgan fingerprint density at radius 1 is 0.237 bits per heavy atom. The third-order valence-corrected chi connectivity index (χ3v) is 13.1. The molecule has 5 aliphatic heterocycles. The maximum absolute atomic E-state index is 9.80. The largest absolute Gasteiger partial charge is 0.481 e. The van der Waals surface area contributed by atoms with E-state index in [0.29, 0.717) is 64.2 Å². The van der Waals surface area contributed by atoms with E-state index in [1.165, 1.54) is 25.3 Å². The molecule has 0 aromatic heterocycles. The van der Waals surface area contributed by atoms with Crippen LogP contribution in [0.4, 0.5) is 0 Å². The van der Waals surface area contributed by atoms with Gasteiger partial charge in [-0.05, 0) is 203 Å². The Morgan fingerprint density at radius 3 is 0.338 bits per heavy atom. The number of carboxylic acids is 5. The molecule has 0 radical (unpaired) electrons. The lowest BCUT2D eigenvalue weighted by atomic mass is 9.80. The van der Waals surface area contributed by atoms with Gasteiger partial charge in [0.05, 0.1) is 30.5 Å². The van der Waals surface area contributed by atoms with Gasteiger partial charge in [-0.25, -0.2) is 0 Å². The molecule has 0 aromatic carbocycles. The number of hydrogen-bond donors (Lipinski definition) is 15. The van der Waals surface area contributed by atoms with Gasteiger partial charge in [-0.15, -0.1) is 0 Å². The lowest BCUT2D eigenvalue weighted by molar-refractivity contribution is -0.257. The first kappa shape index (κ1) is 85.5. The number of aliphatic hydroxyl groups excluding tert-OH is 5. The van der Waals surface area contributed by atoms with Crippen LogP contribution in [0.3, 0.4) is 0 Å². The lowest BCUT2D eigenvalue weighted by Crippen LogP contribution is -2.60. The lowest BCUT2D eigenvalue weighted by Gasteiger charge is -2.50. The van der Waals surface area contributed by atoms with Crippen molar-refractivity contribution < 1.29 is 101 Å². The van der Waals surface area contributed by atoms with E-state index in [4.69, 9.17) is 49.5 Å². The van der Waals surface area contributed by atoms with E-state index < -0.39 is 29.8 Å². The summed E-state index contributed by atoms with van der Waals surface area (Å²) in [5.41, 5.74) is -3.18. The Morgan fingerprint density at radius 2 is 0.287 bits per heavy atom. The molecule has 5 fully saturated rings. The second kappa shape index (κ2) is 33.9. The summed E-state index contributed by atoms with van der Waals surface area (Å²) in [5.74, 6) is -4.17. The average molecular weight is 1170 g/mol. The second-order valence-corrected chi connectivity index (χ2v) is 27.6. The van der Waals surface area contributed by atoms with E-state index >= 15 is 0 Å². The van der Waals surface area contributed by atoms with E-state index in [2.05, 4.69) is 0 Å². The first-order chi connectivity index (χ1) is 34.9. The van der Waals surface area contributed by atoms with Gasteiger partial charge in [0, 0.05) is 90.0 Å². The van der Waals surface area contributed by atoms with Crippen molar-refractivity contribution >= 4 is 29.8 Å². The van der Waals surface area contributed by atoms with Crippen LogP contribution >= 0.6 is 0 Å². The quantitative estimate of drug-likeness (QED) is 0.112. The van der Waals surface area contributed by atoms with Gasteiger partial charge in [0.15, 0.2) is 0 Å². The minimum Gasteiger partial charge on any atom is -0.481 e. The van der Waals surface area contributed by atoms with Crippen molar-refractivity contribution in [2.75, 3.05) is 0 Å². The van der Waals surface area contributed by atoms with Gasteiger partial charge in [-0.3, -0.25) is 24.0 Å². The molecule has 0 atom stereocenters. The van der Waals surface area contributed by atoms with Crippen molar-refractivity contribution in [3.63, 3.8) is 0 Å². The standard InChI is InChI=1S/5C9H19NO2.5C2H4O2/c5*1-8(2)5-7(11)6-9(3,4)10(8)12;5*1-2(3)4/h5*7,11-12H,5-6H2,1-4H3;5*1H3,(H,3,4). The number of aliphatic carboxylic acids is 5. The molecule has 0 spiro atoms. The van der Waals surface area contributed by atoms with Crippen molar-refractivity contribution in [2.45, 2.75) is 323 Å². The fourth-order valence-electron chi connectivity index (χ4n) is 11.1. The van der Waals surface area contributed by atoms with Crippen molar-refractivity contribution in [3.05, 3.63) is 0 Å². The topological polar surface area (TPSA) is 405 Å². The molecule has 5 saturated heterocycles. The fraction of sp³-hybridized carbons (Fsp3) is 0.909. The Balaban J connectivity index is -0.000000270. The van der Waals surface area contributed by atoms with Crippen LogP contribution in [0.5, 0.6) is 0 Å². The summed E-state index contributed by atoms with van der Waals surface area (Å²) >= 11 is 0. The minimum atomic E-state index is -0.833. The zero-order chi connectivity index (χ0) is 65.7. The predicted octanol–water partition coefficient (Wildman–Crippen LogP) is 7.40. The number of hydrogen-bond acceptors (Lipinski definition) is 20. The summed E-state index contributed by atoms with van der Waals surface area (Å²) in [6, 6.07) is 0. The summed E-state index contributed by atoms with van der Waals surface area (Å²) < 4.78 is 0. The summed E-state index contributed by atoms with van der Waals surface area (Å²) in [6.07, 6.45) is 4.85. The number of rotatable bonds is 0. The monoisotopic (exact) mass is 1170 g/mol. The van der Waals surface area contributed by atoms with Crippen LogP contribution in [-0.2, 0) is 24.0 Å². The number of nitrogens with zero attached hydrogens (tertiary/aromatic N) is 5. The Labute approximate surface area is 478 Å². The molecule has 0 aromatic rings. The summed E-state index contributed by atoms with van der Waals surface area (Å²) in [7, 11) is 0. The fourth-order valence-corrected chi connectivity index (χ4v) is 11.1. The zero-order valence-electron chi connectivity index (χ0n) is 53.4. The minimum absolute atomic E-state index is 0.293. The van der Waals surface area contributed by atoms with E-state index in [9.17, 15) is 51.6 Å². The Hall–Kier alpha value is -3.25. The number of hydroxylamine groups is 10. The van der Waals surface area contributed by atoms with Crippen molar-refractivity contribution in [2.24, 2.45) is 0 Å². The van der Waals surface area contributed by atoms with Gasteiger partial charge in [0.1, 0.15) is 0 Å². The van der Waals surface area contributed by atoms with Gasteiger partial charge in [-0.2, -0.15) is 25.3 Å². The van der Waals surface area contributed by atoms with E-state index in [1.54, 1.807) is 0 Å². The van der Waals surface area contributed by atoms with Crippen molar-refractivity contribution in [1.82, 2.24) is 25.3 Å². The Bertz CT molecular complexity index is 1440. The van der Waals surface area contributed by atoms with Gasteiger partial charge in [-0.1, -0.05) is 0 Å². The maximum atomic E-state index is 9.80. The molecule has 0 saturated carbocycles. The molecule has 15 N–H and O–H groups in total. The highest BCUT2D eigenvalue weighted by Crippen LogP contribution is 2.40. The number of aliphatic hydroxyl groups is 5. The van der Waals surface area contributed by atoms with Gasteiger partial charge < -0.3 is 77.1 Å². The van der Waals surface area contributed by atoms with Crippen LogP contribution < -0.4 is 0 Å². The number of carboxylic acid groups (broad SMARTS) is 5. The molecule has 25 nitrogen and oxygen atoms in total. The molecule has 5 aliphatic rings. The third kappa shape index (κ3) is 35.7. The van der Waals surface area contributed by atoms with Gasteiger partial charge >= 0.3 is 0 Å². The van der Waals surface area contributed by atoms with Gasteiger partial charge in [0.2, 0.25) is 0 Å². The highest BCUT2D eigenvalue weighted by Gasteiger charge is 2.48. The molecule has 5 heterocycles. The van der Waals surface area contributed by atoms with Crippen molar-refractivity contribution in [1.29, 1.82) is 0 Å². The molecule has 0 amide bonds. The van der Waals surface area contributed by atoms with Crippen LogP contribution in [0.15, 0.2) is 0 Å². The molecular weight excluding hydrogens is 1050 g/mol. The van der Waals surface area contributed by atoms with Gasteiger partial charge in [0.25, 0.3) is 29.8 Å². The highest BCUT2D eigenvalue weighted by molar-refractivity contribution is 5.64. The van der Waals surface area contributed by atoms with E-state index in [1.807, 2.05) is 138 Å². The van der Waals surface area contributed by atoms with Crippen LogP contribution in [0.2, 0.25) is 0 Å². The Kier molecular flexibility index (Phi) is 36.2. The smallest absolute Gasteiger partial charge is 0.300 e. The van der Waals surface area contributed by atoms with Crippen LogP contribution in [0.25, 0.3) is 0 Å².